The van der Waals surface area contributed by atoms with Crippen LogP contribution in [0.1, 0.15) is 99.3 Å². The van der Waals surface area contributed by atoms with Crippen molar-refractivity contribution in [2.75, 3.05) is 0 Å². The van der Waals surface area contributed by atoms with Gasteiger partial charge in [0, 0.05) is 0 Å². The van der Waals surface area contributed by atoms with Crippen molar-refractivity contribution in [3.8, 4) is 0 Å². The van der Waals surface area contributed by atoms with Gasteiger partial charge in [-0.05, 0) is 110 Å². The highest BCUT2D eigenvalue weighted by atomic mass is 16.3. The molecular formula is C29H48O. The van der Waals surface area contributed by atoms with Gasteiger partial charge in [-0.25, -0.2) is 0 Å². The number of allylic oxidation sites excluding steroid dienone is 4. The highest BCUT2D eigenvalue weighted by Crippen LogP contribution is 2.66. The van der Waals surface area contributed by atoms with Crippen molar-refractivity contribution in [3.63, 3.8) is 0 Å². The highest BCUT2D eigenvalue weighted by molar-refractivity contribution is 5.28. The Kier molecular flexibility index (Phi) is 6.35. The van der Waals surface area contributed by atoms with Crippen LogP contribution in [0.15, 0.2) is 23.8 Å². The van der Waals surface area contributed by atoms with Crippen molar-refractivity contribution in [2.45, 2.75) is 105 Å². The third-order valence-corrected chi connectivity index (χ3v) is 10.7. The zero-order valence-electron chi connectivity index (χ0n) is 20.7. The summed E-state index contributed by atoms with van der Waals surface area (Å²) in [6.07, 6.45) is 19.2. The summed E-state index contributed by atoms with van der Waals surface area (Å²) in [4.78, 5) is 0. The first-order chi connectivity index (χ1) is 14.2. The Labute approximate surface area is 186 Å². The summed E-state index contributed by atoms with van der Waals surface area (Å²) in [7, 11) is 0. The molecule has 0 bridgehead atoms. The van der Waals surface area contributed by atoms with Gasteiger partial charge in [-0.2, -0.15) is 0 Å². The van der Waals surface area contributed by atoms with Crippen LogP contribution in [-0.4, -0.2) is 11.2 Å². The van der Waals surface area contributed by atoms with Crippen LogP contribution >= 0.6 is 0 Å². The molecule has 9 atom stereocenters. The lowest BCUT2D eigenvalue weighted by Gasteiger charge is -2.57. The van der Waals surface area contributed by atoms with Crippen LogP contribution in [0.4, 0.5) is 0 Å². The normalized spacial score (nSPS) is 45.6. The summed E-state index contributed by atoms with van der Waals surface area (Å²) in [5, 5.41) is 10.3. The first kappa shape index (κ1) is 22.6. The lowest BCUT2D eigenvalue weighted by Crippen LogP contribution is -2.49. The van der Waals surface area contributed by atoms with E-state index in [1.54, 1.807) is 0 Å². The van der Waals surface area contributed by atoms with Gasteiger partial charge in [0.05, 0.1) is 6.10 Å². The minimum absolute atomic E-state index is 0.0480. The summed E-state index contributed by atoms with van der Waals surface area (Å²) in [6, 6.07) is 0. The molecule has 1 nitrogen and oxygen atoms in total. The van der Waals surface area contributed by atoms with Gasteiger partial charge in [-0.3, -0.25) is 0 Å². The van der Waals surface area contributed by atoms with Crippen molar-refractivity contribution in [3.05, 3.63) is 23.8 Å². The monoisotopic (exact) mass is 412 g/mol. The van der Waals surface area contributed by atoms with E-state index in [4.69, 9.17) is 0 Å². The molecule has 0 aromatic rings. The fourth-order valence-corrected chi connectivity index (χ4v) is 8.68. The molecule has 0 amide bonds. The van der Waals surface area contributed by atoms with E-state index < -0.39 is 0 Å². The Morgan fingerprint density at radius 3 is 2.40 bits per heavy atom. The number of hydrogen-bond donors (Lipinski definition) is 1. The van der Waals surface area contributed by atoms with Gasteiger partial charge in [-0.1, -0.05) is 65.3 Å². The van der Waals surface area contributed by atoms with Crippen LogP contribution in [0.5, 0.6) is 0 Å². The Bertz CT molecular complexity index is 674. The number of aliphatic hydroxyl groups is 1. The summed E-state index contributed by atoms with van der Waals surface area (Å²) in [5.74, 6) is 5.32. The summed E-state index contributed by atoms with van der Waals surface area (Å²) in [6.45, 7) is 14.8. The molecule has 3 fully saturated rings. The van der Waals surface area contributed by atoms with Gasteiger partial charge in [-0.15, -0.1) is 0 Å². The molecule has 4 aliphatic carbocycles. The maximum atomic E-state index is 10.3. The maximum Gasteiger partial charge on any atom is 0.0543 e. The zero-order chi connectivity index (χ0) is 21.7. The second-order valence-corrected chi connectivity index (χ2v) is 12.5. The first-order valence-corrected chi connectivity index (χ1v) is 13.3. The van der Waals surface area contributed by atoms with Crippen molar-refractivity contribution >= 4 is 0 Å². The van der Waals surface area contributed by atoms with E-state index in [1.165, 1.54) is 44.9 Å². The topological polar surface area (TPSA) is 20.2 Å². The second kappa shape index (κ2) is 8.42. The average Bonchev–Trinajstić information content (AvgIpc) is 3.06. The molecule has 3 saturated carbocycles. The van der Waals surface area contributed by atoms with Crippen LogP contribution in [-0.2, 0) is 0 Å². The van der Waals surface area contributed by atoms with Crippen LogP contribution in [0, 0.1) is 52.3 Å². The van der Waals surface area contributed by atoms with Crippen molar-refractivity contribution in [1.29, 1.82) is 0 Å². The molecule has 1 N–H and O–H groups in total. The Morgan fingerprint density at radius 1 is 1.00 bits per heavy atom. The highest BCUT2D eigenvalue weighted by Gasteiger charge is 2.57. The fourth-order valence-electron chi connectivity index (χ4n) is 8.68. The summed E-state index contributed by atoms with van der Waals surface area (Å²) >= 11 is 0. The predicted molar refractivity (Wildman–Crippen MR) is 128 cm³/mol. The molecule has 0 unspecified atom stereocenters. The van der Waals surface area contributed by atoms with Crippen LogP contribution in [0.3, 0.4) is 0 Å². The molecule has 4 rings (SSSR count). The van der Waals surface area contributed by atoms with Crippen LogP contribution in [0.2, 0.25) is 0 Å². The molecule has 170 valence electrons. The largest absolute Gasteiger partial charge is 0.393 e. The number of fused-ring (bicyclic) bond motifs is 5. The summed E-state index contributed by atoms with van der Waals surface area (Å²) in [5.41, 5.74) is 2.79. The van der Waals surface area contributed by atoms with Crippen LogP contribution < -0.4 is 0 Å². The minimum Gasteiger partial charge on any atom is -0.393 e. The number of hydrogen-bond acceptors (Lipinski definition) is 1. The van der Waals surface area contributed by atoms with Gasteiger partial charge < -0.3 is 5.11 Å². The smallest absolute Gasteiger partial charge is 0.0543 e. The number of rotatable bonds is 5. The van der Waals surface area contributed by atoms with E-state index >= 15 is 0 Å². The molecule has 4 aliphatic rings. The third kappa shape index (κ3) is 3.66. The molecule has 0 spiro atoms. The third-order valence-electron chi connectivity index (χ3n) is 10.7. The molecule has 0 radical (unpaired) electrons. The van der Waals surface area contributed by atoms with Crippen LogP contribution in [0.25, 0.3) is 0 Å². The molecule has 0 aliphatic heterocycles. The molecule has 1 heteroatoms. The molecule has 0 aromatic heterocycles. The Hall–Kier alpha value is -0.560. The van der Waals surface area contributed by atoms with E-state index in [0.29, 0.717) is 22.7 Å². The zero-order valence-corrected chi connectivity index (χ0v) is 20.7. The first-order valence-electron chi connectivity index (χ1n) is 13.3. The molecular weight excluding hydrogens is 364 g/mol. The molecule has 0 saturated heterocycles. The van der Waals surface area contributed by atoms with Gasteiger partial charge in [0.2, 0.25) is 0 Å². The van der Waals surface area contributed by atoms with E-state index in [2.05, 4.69) is 59.8 Å². The van der Waals surface area contributed by atoms with Gasteiger partial charge >= 0.3 is 0 Å². The summed E-state index contributed by atoms with van der Waals surface area (Å²) < 4.78 is 0. The van der Waals surface area contributed by atoms with Crippen molar-refractivity contribution in [1.82, 2.24) is 0 Å². The second-order valence-electron chi connectivity index (χ2n) is 12.5. The lowest BCUT2D eigenvalue weighted by molar-refractivity contribution is -0.0414. The molecule has 0 heterocycles. The van der Waals surface area contributed by atoms with E-state index in [9.17, 15) is 5.11 Å². The Morgan fingerprint density at radius 2 is 1.70 bits per heavy atom. The van der Waals surface area contributed by atoms with Gasteiger partial charge in [0.15, 0.2) is 0 Å². The Balaban J connectivity index is 1.53. The van der Waals surface area contributed by atoms with Crippen molar-refractivity contribution in [2.24, 2.45) is 52.3 Å². The predicted octanol–water partition coefficient (Wildman–Crippen LogP) is 7.80. The maximum absolute atomic E-state index is 10.3. The number of aliphatic hydroxyl groups excluding tert-OH is 1. The average molecular weight is 413 g/mol. The SMILES string of the molecule is CC[C@@H](/C=C/[C@@H](C)[C@H]1CC[C@H]2C3=CC[C@H]4C[C@@H](O)CC[C@]4(C)[C@H]3CC[C@]12C)C(C)C. The van der Waals surface area contributed by atoms with E-state index in [-0.39, 0.29) is 6.10 Å². The van der Waals surface area contributed by atoms with E-state index in [1.807, 2.05) is 5.57 Å². The lowest BCUT2D eigenvalue weighted by atomic mass is 9.47. The van der Waals surface area contributed by atoms with Crippen molar-refractivity contribution < 1.29 is 5.11 Å². The standard InChI is InChI=1S/C29H48O/c1-7-21(19(2)3)9-8-20(4)25-12-13-26-24-11-10-22-18-23(30)14-16-28(22,5)27(24)15-17-29(25,26)6/h8-9,11,19-23,25-27,30H,7,10,12-18H2,1-6H3/b9-8+/t20-,21+,22+,23+,25-,26+,27+,28+,29-/m1/s1. The van der Waals surface area contributed by atoms with Gasteiger partial charge in [0.25, 0.3) is 0 Å². The van der Waals surface area contributed by atoms with E-state index in [0.717, 1.165) is 42.4 Å². The molecule has 0 aromatic carbocycles. The minimum atomic E-state index is -0.0480. The quantitative estimate of drug-likeness (QED) is 0.457. The van der Waals surface area contributed by atoms with Gasteiger partial charge in [0.1, 0.15) is 0 Å². The fraction of sp³-hybridized carbons (Fsp3) is 0.862. The molecule has 30 heavy (non-hydrogen) atoms.